The standard InChI is InChI=1S/C18H12O4/c19-14-8-11-9-22-18(21)13-7-6-12(10-4-2-1-3-5-10)16(15(11)13)17(14)20/h1-9,13,15,19H. The highest BCUT2D eigenvalue weighted by atomic mass is 16.5. The molecule has 0 aromatic heterocycles. The van der Waals surface area contributed by atoms with Crippen molar-refractivity contribution >= 4 is 17.3 Å². The summed E-state index contributed by atoms with van der Waals surface area (Å²) in [4.78, 5) is 24.4. The zero-order valence-electron chi connectivity index (χ0n) is 11.5. The predicted octanol–water partition coefficient (Wildman–Crippen LogP) is 2.71. The molecule has 4 nitrogen and oxygen atoms in total. The molecule has 0 bridgehead atoms. The number of esters is 1. The maximum Gasteiger partial charge on any atom is 0.318 e. The molecule has 0 saturated heterocycles. The van der Waals surface area contributed by atoms with Crippen LogP contribution in [0.3, 0.4) is 0 Å². The molecule has 2 aliphatic carbocycles. The van der Waals surface area contributed by atoms with Crippen LogP contribution < -0.4 is 0 Å². The zero-order chi connectivity index (χ0) is 15.3. The molecule has 108 valence electrons. The molecule has 1 N–H and O–H groups in total. The smallest absolute Gasteiger partial charge is 0.318 e. The quantitative estimate of drug-likeness (QED) is 0.808. The topological polar surface area (TPSA) is 63.6 Å². The lowest BCUT2D eigenvalue weighted by Crippen LogP contribution is -2.37. The second-order valence-corrected chi connectivity index (χ2v) is 5.47. The summed E-state index contributed by atoms with van der Waals surface area (Å²) in [5.74, 6) is -2.03. The molecule has 0 saturated carbocycles. The molecule has 1 aliphatic heterocycles. The van der Waals surface area contributed by atoms with Crippen molar-refractivity contribution in [1.29, 1.82) is 0 Å². The first kappa shape index (κ1) is 12.8. The van der Waals surface area contributed by atoms with E-state index < -0.39 is 11.7 Å². The maximum atomic E-state index is 12.5. The maximum absolute atomic E-state index is 12.5. The minimum Gasteiger partial charge on any atom is -0.504 e. The van der Waals surface area contributed by atoms with Crippen molar-refractivity contribution in [3.05, 3.63) is 77.3 Å². The van der Waals surface area contributed by atoms with E-state index in [0.29, 0.717) is 11.1 Å². The third kappa shape index (κ3) is 1.70. The largest absolute Gasteiger partial charge is 0.504 e. The molecule has 2 unspecified atom stereocenters. The molecule has 4 heteroatoms. The summed E-state index contributed by atoms with van der Waals surface area (Å²) < 4.78 is 5.02. The van der Waals surface area contributed by atoms with Crippen LogP contribution in [-0.4, -0.2) is 16.9 Å². The van der Waals surface area contributed by atoms with Gasteiger partial charge in [0, 0.05) is 17.1 Å². The van der Waals surface area contributed by atoms with Crippen molar-refractivity contribution in [2.24, 2.45) is 11.8 Å². The lowest BCUT2D eigenvalue weighted by molar-refractivity contribution is -0.143. The molecule has 3 aliphatic rings. The summed E-state index contributed by atoms with van der Waals surface area (Å²) >= 11 is 0. The Morgan fingerprint density at radius 2 is 1.86 bits per heavy atom. The van der Waals surface area contributed by atoms with Crippen molar-refractivity contribution in [2.45, 2.75) is 0 Å². The summed E-state index contributed by atoms with van der Waals surface area (Å²) in [6.07, 6.45) is 6.26. The van der Waals surface area contributed by atoms with E-state index in [4.69, 9.17) is 4.74 Å². The van der Waals surface area contributed by atoms with E-state index in [-0.39, 0.29) is 17.6 Å². The molecule has 0 spiro atoms. The van der Waals surface area contributed by atoms with E-state index in [1.165, 1.54) is 12.3 Å². The van der Waals surface area contributed by atoms with E-state index in [9.17, 15) is 14.7 Å². The first-order valence-corrected chi connectivity index (χ1v) is 7.00. The monoisotopic (exact) mass is 292 g/mol. The summed E-state index contributed by atoms with van der Waals surface area (Å²) in [7, 11) is 0. The Morgan fingerprint density at radius 3 is 2.64 bits per heavy atom. The van der Waals surface area contributed by atoms with Crippen LogP contribution >= 0.6 is 0 Å². The normalized spacial score (nSPS) is 26.2. The van der Waals surface area contributed by atoms with Gasteiger partial charge in [0.05, 0.1) is 12.2 Å². The van der Waals surface area contributed by atoms with E-state index in [2.05, 4.69) is 0 Å². The Kier molecular flexibility index (Phi) is 2.66. The number of benzene rings is 1. The molecule has 1 heterocycles. The first-order chi connectivity index (χ1) is 10.7. The highest BCUT2D eigenvalue weighted by molar-refractivity contribution is 6.16. The number of rotatable bonds is 1. The number of Topliss-reactive ketones (excluding diaryl/α,β-unsaturated/α-hetero) is 1. The van der Waals surface area contributed by atoms with Crippen molar-refractivity contribution in [1.82, 2.24) is 0 Å². The van der Waals surface area contributed by atoms with Crippen LogP contribution in [0.15, 0.2) is 71.7 Å². The van der Waals surface area contributed by atoms with Gasteiger partial charge in [0.25, 0.3) is 0 Å². The van der Waals surface area contributed by atoms with Gasteiger partial charge in [-0.1, -0.05) is 42.5 Å². The summed E-state index contributed by atoms with van der Waals surface area (Å²) in [5, 5.41) is 9.93. The summed E-state index contributed by atoms with van der Waals surface area (Å²) in [6, 6.07) is 9.48. The van der Waals surface area contributed by atoms with E-state index in [0.717, 1.165) is 11.1 Å². The van der Waals surface area contributed by atoms with Gasteiger partial charge in [0.1, 0.15) is 0 Å². The van der Waals surface area contributed by atoms with Gasteiger partial charge >= 0.3 is 5.97 Å². The Labute approximate surface area is 126 Å². The Hall–Kier alpha value is -2.88. The second kappa shape index (κ2) is 4.56. The number of ketones is 1. The van der Waals surface area contributed by atoms with Crippen molar-refractivity contribution in [3.63, 3.8) is 0 Å². The average molecular weight is 292 g/mol. The van der Waals surface area contributed by atoms with Crippen LogP contribution in [0, 0.1) is 11.8 Å². The number of aliphatic hydroxyl groups is 1. The number of allylic oxidation sites excluding steroid dienone is 5. The Balaban J connectivity index is 1.99. The summed E-state index contributed by atoms with van der Waals surface area (Å²) in [6.45, 7) is 0. The number of cyclic esters (lactones) is 1. The fourth-order valence-corrected chi connectivity index (χ4v) is 3.23. The van der Waals surface area contributed by atoms with Crippen molar-refractivity contribution < 1.29 is 19.4 Å². The third-order valence-corrected chi connectivity index (χ3v) is 4.24. The van der Waals surface area contributed by atoms with E-state index in [1.54, 1.807) is 12.2 Å². The number of hydrogen-bond donors (Lipinski definition) is 1. The average Bonchev–Trinajstić information content (AvgIpc) is 2.55. The fraction of sp³-hybridized carbons (Fsp3) is 0.111. The van der Waals surface area contributed by atoms with Gasteiger partial charge in [-0.2, -0.15) is 0 Å². The molecule has 1 aromatic rings. The number of carbonyl (C=O) groups is 2. The van der Waals surface area contributed by atoms with Gasteiger partial charge < -0.3 is 9.84 Å². The van der Waals surface area contributed by atoms with Crippen LogP contribution in [0.4, 0.5) is 0 Å². The molecule has 4 rings (SSSR count). The van der Waals surface area contributed by atoms with Gasteiger partial charge in [-0.05, 0) is 17.2 Å². The minimum absolute atomic E-state index is 0.321. The number of aliphatic hydroxyl groups excluding tert-OH is 1. The van der Waals surface area contributed by atoms with Crippen LogP contribution in [0.2, 0.25) is 0 Å². The van der Waals surface area contributed by atoms with Gasteiger partial charge in [-0.15, -0.1) is 0 Å². The third-order valence-electron chi connectivity index (χ3n) is 4.24. The molecule has 0 amide bonds. The fourth-order valence-electron chi connectivity index (χ4n) is 3.23. The zero-order valence-corrected chi connectivity index (χ0v) is 11.5. The van der Waals surface area contributed by atoms with Crippen LogP contribution in [0.5, 0.6) is 0 Å². The number of ether oxygens (including phenoxy) is 1. The highest BCUT2D eigenvalue weighted by Gasteiger charge is 2.44. The van der Waals surface area contributed by atoms with Gasteiger partial charge in [-0.25, -0.2) is 0 Å². The molecule has 2 atom stereocenters. The Bertz CT molecular complexity index is 809. The van der Waals surface area contributed by atoms with Gasteiger partial charge in [-0.3, -0.25) is 9.59 Å². The highest BCUT2D eigenvalue weighted by Crippen LogP contribution is 2.45. The van der Waals surface area contributed by atoms with Crippen LogP contribution in [-0.2, 0) is 14.3 Å². The van der Waals surface area contributed by atoms with Crippen molar-refractivity contribution in [3.8, 4) is 0 Å². The number of hydrogen-bond acceptors (Lipinski definition) is 4. The molecule has 0 radical (unpaired) electrons. The molecule has 22 heavy (non-hydrogen) atoms. The van der Waals surface area contributed by atoms with Gasteiger partial charge in [0.2, 0.25) is 5.78 Å². The van der Waals surface area contributed by atoms with Crippen molar-refractivity contribution in [2.75, 3.05) is 0 Å². The first-order valence-electron chi connectivity index (χ1n) is 7.00. The minimum atomic E-state index is -0.518. The molecular weight excluding hydrogens is 280 g/mol. The number of carbonyl (C=O) groups excluding carboxylic acids is 2. The van der Waals surface area contributed by atoms with E-state index >= 15 is 0 Å². The predicted molar refractivity (Wildman–Crippen MR) is 79.4 cm³/mol. The van der Waals surface area contributed by atoms with Crippen LogP contribution in [0.1, 0.15) is 5.56 Å². The van der Waals surface area contributed by atoms with E-state index in [1.807, 2.05) is 30.3 Å². The lowest BCUT2D eigenvalue weighted by atomic mass is 9.69. The van der Waals surface area contributed by atoms with Gasteiger partial charge in [0.15, 0.2) is 5.76 Å². The molecule has 0 fully saturated rings. The SMILES string of the molecule is O=C1C(O)=CC2=COC(=O)C3C=CC(c4ccccc4)=C1C23. The lowest BCUT2D eigenvalue weighted by Gasteiger charge is -2.35. The molecule has 1 aromatic carbocycles. The second-order valence-electron chi connectivity index (χ2n) is 5.47. The van der Waals surface area contributed by atoms with Crippen LogP contribution in [0.25, 0.3) is 5.57 Å². The Morgan fingerprint density at radius 1 is 1.09 bits per heavy atom. The molecular formula is C18H12O4. The summed E-state index contributed by atoms with van der Waals surface area (Å²) in [5.41, 5.74) is 2.73.